The lowest BCUT2D eigenvalue weighted by Crippen LogP contribution is -2.42. The van der Waals surface area contributed by atoms with E-state index in [1.807, 2.05) is 18.9 Å². The van der Waals surface area contributed by atoms with E-state index in [4.69, 9.17) is 4.74 Å². The van der Waals surface area contributed by atoms with Crippen LogP contribution in [0.2, 0.25) is 0 Å². The molecule has 0 radical (unpaired) electrons. The van der Waals surface area contributed by atoms with E-state index in [1.165, 1.54) is 36.5 Å². The Hall–Kier alpha value is -4.34. The Morgan fingerprint density at radius 1 is 1.19 bits per heavy atom. The summed E-state index contributed by atoms with van der Waals surface area (Å²) < 4.78 is 34.4. The summed E-state index contributed by atoms with van der Waals surface area (Å²) in [5, 5.41) is 5.40. The number of nitrogens with one attached hydrogen (secondary N) is 2. The average molecular weight is 580 g/mol. The summed E-state index contributed by atoms with van der Waals surface area (Å²) in [7, 11) is 1.89. The smallest absolute Gasteiger partial charge is 0.240 e. The van der Waals surface area contributed by atoms with E-state index >= 15 is 4.39 Å². The number of carbonyl (C=O) groups excluding carboxylic acids is 2. The molecule has 224 valence electrons. The summed E-state index contributed by atoms with van der Waals surface area (Å²) in [5.41, 5.74) is 0.568. The lowest BCUT2D eigenvalue weighted by Gasteiger charge is -2.21. The first-order chi connectivity index (χ1) is 20.1. The van der Waals surface area contributed by atoms with Gasteiger partial charge in [0.2, 0.25) is 11.8 Å². The molecule has 0 spiro atoms. The molecule has 2 aliphatic rings. The molecule has 42 heavy (non-hydrogen) atoms. The largest absolute Gasteiger partial charge is 0.453 e. The third-order valence-corrected chi connectivity index (χ3v) is 6.91. The first kappa shape index (κ1) is 32.2. The van der Waals surface area contributed by atoms with Crippen molar-refractivity contribution in [1.82, 2.24) is 20.6 Å². The van der Waals surface area contributed by atoms with E-state index < -0.39 is 23.1 Å². The van der Waals surface area contributed by atoms with Crippen molar-refractivity contribution >= 4 is 23.4 Å². The summed E-state index contributed by atoms with van der Waals surface area (Å²) >= 11 is 0. The molecule has 0 unspecified atom stereocenters. The van der Waals surface area contributed by atoms with Crippen LogP contribution in [-0.2, 0) is 20.7 Å². The van der Waals surface area contributed by atoms with Crippen LogP contribution in [0.4, 0.5) is 14.6 Å². The van der Waals surface area contributed by atoms with Gasteiger partial charge in [0, 0.05) is 31.4 Å². The van der Waals surface area contributed by atoms with Crippen LogP contribution in [0.25, 0.3) is 5.76 Å². The van der Waals surface area contributed by atoms with Gasteiger partial charge < -0.3 is 20.3 Å². The van der Waals surface area contributed by atoms with Crippen LogP contribution in [0, 0.1) is 5.41 Å². The molecule has 1 saturated carbocycles. The van der Waals surface area contributed by atoms with Crippen molar-refractivity contribution in [1.29, 1.82) is 0 Å². The van der Waals surface area contributed by atoms with Gasteiger partial charge in [-0.05, 0) is 68.6 Å². The minimum atomic E-state index is -1.27. The second-order valence-electron chi connectivity index (χ2n) is 10.1. The first-order valence-corrected chi connectivity index (χ1v) is 14.1. The number of carbonyl (C=O) groups is 2. The third-order valence-electron chi connectivity index (χ3n) is 6.91. The highest BCUT2D eigenvalue weighted by Gasteiger charge is 2.56. The maximum absolute atomic E-state index is 15.1. The highest BCUT2D eigenvalue weighted by atomic mass is 19.1. The monoisotopic (exact) mass is 579 g/mol. The molecule has 8 nitrogen and oxygen atoms in total. The maximum atomic E-state index is 15.1. The standard InChI is InChI=1S/C32H39F2N5O3/c1-7-19-39(6)29-28(36-24(10-4)20-35-29)21(5)42-27-16-14-25(13-15-26(27)34)38-31(41)32(17-18-32)30(40)37-23(9-3)12-11-22(33)8-2/h9,11-12,14-16,20H,3,5,7-8,10,13,17-19H2,1-2,4,6H3,(H,37,40)(H,38,41)/b22-11+,23-12+. The predicted molar refractivity (Wildman–Crippen MR) is 161 cm³/mol. The zero-order chi connectivity index (χ0) is 30.9. The normalized spacial score (nSPS) is 16.3. The molecule has 1 fully saturated rings. The van der Waals surface area contributed by atoms with Crippen LogP contribution in [0.3, 0.4) is 0 Å². The summed E-state index contributed by atoms with van der Waals surface area (Å²) in [4.78, 5) is 37.2. The van der Waals surface area contributed by atoms with Gasteiger partial charge in [-0.3, -0.25) is 9.59 Å². The summed E-state index contributed by atoms with van der Waals surface area (Å²) in [5.74, 6) is -1.38. The highest BCUT2D eigenvalue weighted by molar-refractivity contribution is 6.09. The van der Waals surface area contributed by atoms with Crippen molar-refractivity contribution in [3.63, 3.8) is 0 Å². The van der Waals surface area contributed by atoms with Crippen LogP contribution >= 0.6 is 0 Å². The first-order valence-electron chi connectivity index (χ1n) is 14.1. The molecule has 1 heterocycles. The molecule has 0 aliphatic heterocycles. The molecule has 1 aromatic rings. The number of aromatic nitrogens is 2. The number of aryl methyl sites for hydroxylation is 1. The van der Waals surface area contributed by atoms with Gasteiger partial charge in [-0.25, -0.2) is 18.7 Å². The molecular weight excluding hydrogens is 540 g/mol. The molecular formula is C32H39F2N5O3. The second kappa shape index (κ2) is 14.5. The number of nitrogens with zero attached hydrogens (tertiary/aromatic N) is 3. The molecule has 2 aliphatic carbocycles. The topological polar surface area (TPSA) is 96.5 Å². The number of rotatable bonds is 14. The fourth-order valence-corrected chi connectivity index (χ4v) is 4.14. The van der Waals surface area contributed by atoms with Gasteiger partial charge in [-0.2, -0.15) is 0 Å². The van der Waals surface area contributed by atoms with Gasteiger partial charge in [-0.1, -0.05) is 33.9 Å². The Morgan fingerprint density at radius 2 is 1.93 bits per heavy atom. The quantitative estimate of drug-likeness (QED) is 0.154. The average Bonchev–Trinajstić information content (AvgIpc) is 3.82. The van der Waals surface area contributed by atoms with Crippen molar-refractivity contribution in [2.75, 3.05) is 18.5 Å². The summed E-state index contributed by atoms with van der Waals surface area (Å²) in [6.07, 6.45) is 12.5. The second-order valence-corrected chi connectivity index (χ2v) is 10.1. The predicted octanol–water partition coefficient (Wildman–Crippen LogP) is 6.24. The van der Waals surface area contributed by atoms with Crippen molar-refractivity contribution in [2.24, 2.45) is 5.41 Å². The number of allylic oxidation sites excluding steroid dienone is 8. The number of halogens is 2. The zero-order valence-corrected chi connectivity index (χ0v) is 24.7. The minimum Gasteiger partial charge on any atom is -0.453 e. The SMILES string of the molecule is C=C/C(=C\C=C(\F)CC)NC(=O)C1(C(=O)NC2=CC=C(OC(=C)c3nc(CC)cnc3N(C)CCC)C(F)=CC2)CC1. The van der Waals surface area contributed by atoms with Gasteiger partial charge in [0.25, 0.3) is 0 Å². The molecule has 10 heteroatoms. The van der Waals surface area contributed by atoms with Gasteiger partial charge in [0.05, 0.1) is 17.7 Å². The fraction of sp³-hybridized carbons (Fsp3) is 0.375. The lowest BCUT2D eigenvalue weighted by atomic mass is 10.0. The maximum Gasteiger partial charge on any atom is 0.240 e. The summed E-state index contributed by atoms with van der Waals surface area (Å²) in [6.45, 7) is 14.0. The van der Waals surface area contributed by atoms with Gasteiger partial charge >= 0.3 is 0 Å². The van der Waals surface area contributed by atoms with Crippen LogP contribution in [-0.4, -0.2) is 35.4 Å². The molecule has 0 bridgehead atoms. The van der Waals surface area contributed by atoms with E-state index in [2.05, 4.69) is 40.7 Å². The molecule has 0 atom stereocenters. The molecule has 3 rings (SSSR count). The van der Waals surface area contributed by atoms with Crippen LogP contribution in [0.5, 0.6) is 0 Å². The zero-order valence-electron chi connectivity index (χ0n) is 24.7. The van der Waals surface area contributed by atoms with Gasteiger partial charge in [0.15, 0.2) is 17.4 Å². The summed E-state index contributed by atoms with van der Waals surface area (Å²) in [6, 6.07) is 0. The Kier molecular flexibility index (Phi) is 11.1. The van der Waals surface area contributed by atoms with E-state index in [0.717, 1.165) is 18.7 Å². The minimum absolute atomic E-state index is 0.0691. The van der Waals surface area contributed by atoms with Gasteiger partial charge in [-0.15, -0.1) is 0 Å². The van der Waals surface area contributed by atoms with Crippen LogP contribution in [0.15, 0.2) is 84.6 Å². The molecule has 1 aromatic heterocycles. The van der Waals surface area contributed by atoms with Crippen molar-refractivity contribution in [2.45, 2.75) is 59.3 Å². The van der Waals surface area contributed by atoms with E-state index in [0.29, 0.717) is 36.5 Å². The van der Waals surface area contributed by atoms with Gasteiger partial charge in [0.1, 0.15) is 16.9 Å². The Bertz CT molecular complexity index is 1390. The van der Waals surface area contributed by atoms with Crippen LogP contribution < -0.4 is 15.5 Å². The molecule has 0 aromatic carbocycles. The molecule has 2 amide bonds. The van der Waals surface area contributed by atoms with Crippen molar-refractivity contribution in [3.05, 3.63) is 96.0 Å². The molecule has 0 saturated heterocycles. The molecule has 2 N–H and O–H groups in total. The fourth-order valence-electron chi connectivity index (χ4n) is 4.14. The Morgan fingerprint density at radius 3 is 2.55 bits per heavy atom. The van der Waals surface area contributed by atoms with E-state index in [9.17, 15) is 14.0 Å². The lowest BCUT2D eigenvalue weighted by molar-refractivity contribution is -0.136. The number of hydrogen-bond acceptors (Lipinski definition) is 6. The Balaban J connectivity index is 1.74. The van der Waals surface area contributed by atoms with Crippen molar-refractivity contribution < 1.29 is 23.1 Å². The van der Waals surface area contributed by atoms with E-state index in [-0.39, 0.29) is 35.9 Å². The third kappa shape index (κ3) is 7.90. The van der Waals surface area contributed by atoms with Crippen LogP contribution in [0.1, 0.15) is 64.3 Å². The van der Waals surface area contributed by atoms with E-state index in [1.54, 1.807) is 13.1 Å². The number of ether oxygens (including phenoxy) is 1. The number of anilines is 1. The van der Waals surface area contributed by atoms with Crippen molar-refractivity contribution in [3.8, 4) is 0 Å². The Labute approximate surface area is 246 Å². The highest BCUT2D eigenvalue weighted by Crippen LogP contribution is 2.46. The number of hydrogen-bond donors (Lipinski definition) is 2. The number of amides is 2.